The summed E-state index contributed by atoms with van der Waals surface area (Å²) in [5.41, 5.74) is 5.50. The van der Waals surface area contributed by atoms with Crippen LogP contribution in [0.1, 0.15) is 72.1 Å². The molecular weight excluding hydrogens is 182 g/mol. The van der Waals surface area contributed by atoms with Gasteiger partial charge in [-0.05, 0) is 31.2 Å². The highest BCUT2D eigenvalue weighted by molar-refractivity contribution is 4.56. The van der Waals surface area contributed by atoms with E-state index in [0.29, 0.717) is 0 Å². The normalized spacial score (nSPS) is 15.2. The summed E-state index contributed by atoms with van der Waals surface area (Å²) in [7, 11) is 0. The van der Waals surface area contributed by atoms with E-state index < -0.39 is 0 Å². The molecule has 1 nitrogen and oxygen atoms in total. The van der Waals surface area contributed by atoms with Gasteiger partial charge in [0.25, 0.3) is 0 Å². The molecule has 15 heavy (non-hydrogen) atoms. The summed E-state index contributed by atoms with van der Waals surface area (Å²) in [6.45, 7) is 7.88. The first-order chi connectivity index (χ1) is 7.20. The van der Waals surface area contributed by atoms with Gasteiger partial charge >= 0.3 is 0 Å². The van der Waals surface area contributed by atoms with Crippen LogP contribution in [0, 0.1) is 11.8 Å². The third-order valence-electron chi connectivity index (χ3n) is 3.49. The van der Waals surface area contributed by atoms with Crippen molar-refractivity contribution >= 4 is 0 Å². The van der Waals surface area contributed by atoms with Crippen molar-refractivity contribution in [1.82, 2.24) is 0 Å². The van der Waals surface area contributed by atoms with Crippen LogP contribution in [0.25, 0.3) is 0 Å². The molecule has 0 aliphatic carbocycles. The van der Waals surface area contributed by atoms with Gasteiger partial charge in [-0.1, -0.05) is 59.3 Å². The van der Waals surface area contributed by atoms with Crippen LogP contribution in [-0.2, 0) is 0 Å². The van der Waals surface area contributed by atoms with E-state index >= 15 is 0 Å². The van der Waals surface area contributed by atoms with E-state index in [1.54, 1.807) is 0 Å². The van der Waals surface area contributed by atoms with Gasteiger partial charge in [-0.15, -0.1) is 0 Å². The fourth-order valence-electron chi connectivity index (χ4n) is 1.98. The van der Waals surface area contributed by atoms with Crippen LogP contribution in [0.5, 0.6) is 0 Å². The predicted molar refractivity (Wildman–Crippen MR) is 70.0 cm³/mol. The number of unbranched alkanes of at least 4 members (excludes halogenated alkanes) is 2. The largest absolute Gasteiger partial charge is 0.330 e. The Morgan fingerprint density at radius 1 is 0.800 bits per heavy atom. The molecular formula is C14H31N. The Morgan fingerprint density at radius 2 is 1.33 bits per heavy atom. The molecule has 92 valence electrons. The molecule has 0 radical (unpaired) electrons. The van der Waals surface area contributed by atoms with Crippen LogP contribution in [-0.4, -0.2) is 6.54 Å². The summed E-state index contributed by atoms with van der Waals surface area (Å²) in [6.07, 6.45) is 11.0. The second-order valence-corrected chi connectivity index (χ2v) is 5.19. The number of hydrogen-bond acceptors (Lipinski definition) is 1. The summed E-state index contributed by atoms with van der Waals surface area (Å²) >= 11 is 0. The van der Waals surface area contributed by atoms with Crippen molar-refractivity contribution in [2.45, 2.75) is 72.1 Å². The Balaban J connectivity index is 3.16. The third-order valence-corrected chi connectivity index (χ3v) is 3.49. The van der Waals surface area contributed by atoms with E-state index in [-0.39, 0.29) is 0 Å². The maximum Gasteiger partial charge on any atom is -0.00772 e. The lowest BCUT2D eigenvalue weighted by Gasteiger charge is -2.11. The van der Waals surface area contributed by atoms with Gasteiger partial charge in [0.05, 0.1) is 0 Å². The van der Waals surface area contributed by atoms with Gasteiger partial charge in [-0.2, -0.15) is 0 Å². The zero-order valence-electron chi connectivity index (χ0n) is 11.1. The number of nitrogens with two attached hydrogens (primary N) is 1. The summed E-state index contributed by atoms with van der Waals surface area (Å²) in [5.74, 6) is 1.82. The Kier molecular flexibility index (Phi) is 10.4. The maximum atomic E-state index is 5.50. The van der Waals surface area contributed by atoms with Crippen LogP contribution in [0.4, 0.5) is 0 Å². The Morgan fingerprint density at radius 3 is 1.87 bits per heavy atom. The Labute approximate surface area is 96.8 Å². The predicted octanol–water partition coefficient (Wildman–Crippen LogP) is 4.36. The molecule has 0 aliphatic rings. The van der Waals surface area contributed by atoms with Gasteiger partial charge in [0.2, 0.25) is 0 Å². The first-order valence-electron chi connectivity index (χ1n) is 6.90. The highest BCUT2D eigenvalue weighted by Crippen LogP contribution is 2.17. The van der Waals surface area contributed by atoms with Gasteiger partial charge in [-0.25, -0.2) is 0 Å². The molecule has 0 saturated carbocycles. The van der Waals surface area contributed by atoms with Crippen LogP contribution >= 0.6 is 0 Å². The highest BCUT2D eigenvalue weighted by atomic mass is 14.5. The standard InChI is InChI=1S/C14H31N/c1-4-13(2)9-6-5-7-10-14(3)11-8-12-15/h13-14H,4-12,15H2,1-3H3. The van der Waals surface area contributed by atoms with Crippen LogP contribution in [0.3, 0.4) is 0 Å². The molecule has 0 heterocycles. The topological polar surface area (TPSA) is 26.0 Å². The molecule has 0 amide bonds. The quantitative estimate of drug-likeness (QED) is 0.536. The molecule has 0 aromatic carbocycles. The van der Waals surface area contributed by atoms with E-state index in [1.807, 2.05) is 0 Å². The van der Waals surface area contributed by atoms with Crippen molar-refractivity contribution in [3.05, 3.63) is 0 Å². The molecule has 0 bridgehead atoms. The molecule has 0 spiro atoms. The molecule has 0 rings (SSSR count). The van der Waals surface area contributed by atoms with Crippen molar-refractivity contribution in [2.75, 3.05) is 6.54 Å². The van der Waals surface area contributed by atoms with Gasteiger partial charge in [0.15, 0.2) is 0 Å². The summed E-state index contributed by atoms with van der Waals surface area (Å²) in [6, 6.07) is 0. The summed E-state index contributed by atoms with van der Waals surface area (Å²) < 4.78 is 0. The van der Waals surface area contributed by atoms with E-state index in [0.717, 1.165) is 18.4 Å². The second-order valence-electron chi connectivity index (χ2n) is 5.19. The summed E-state index contributed by atoms with van der Waals surface area (Å²) in [5, 5.41) is 0. The summed E-state index contributed by atoms with van der Waals surface area (Å²) in [4.78, 5) is 0. The first-order valence-corrected chi connectivity index (χ1v) is 6.90. The molecule has 0 aliphatic heterocycles. The molecule has 0 aromatic rings. The van der Waals surface area contributed by atoms with E-state index in [1.165, 1.54) is 51.4 Å². The number of rotatable bonds is 10. The van der Waals surface area contributed by atoms with Crippen molar-refractivity contribution < 1.29 is 0 Å². The zero-order valence-corrected chi connectivity index (χ0v) is 11.1. The highest BCUT2D eigenvalue weighted by Gasteiger charge is 2.02. The number of hydrogen-bond donors (Lipinski definition) is 1. The van der Waals surface area contributed by atoms with Gasteiger partial charge in [-0.3, -0.25) is 0 Å². The molecule has 0 aromatic heterocycles. The lowest BCUT2D eigenvalue weighted by Crippen LogP contribution is -2.02. The average molecular weight is 213 g/mol. The maximum absolute atomic E-state index is 5.50. The minimum Gasteiger partial charge on any atom is -0.330 e. The van der Waals surface area contributed by atoms with Crippen LogP contribution < -0.4 is 5.73 Å². The average Bonchev–Trinajstić information content (AvgIpc) is 2.25. The first kappa shape index (κ1) is 15.0. The van der Waals surface area contributed by atoms with Gasteiger partial charge in [0, 0.05) is 0 Å². The molecule has 1 heteroatoms. The SMILES string of the molecule is CCC(C)CCCCCC(C)CCCN. The minimum atomic E-state index is 0.859. The van der Waals surface area contributed by atoms with Crippen molar-refractivity contribution in [3.63, 3.8) is 0 Å². The molecule has 2 unspecified atom stereocenters. The minimum absolute atomic E-state index is 0.859. The Hall–Kier alpha value is -0.0400. The van der Waals surface area contributed by atoms with E-state index in [9.17, 15) is 0 Å². The molecule has 2 atom stereocenters. The van der Waals surface area contributed by atoms with E-state index in [2.05, 4.69) is 20.8 Å². The van der Waals surface area contributed by atoms with Gasteiger partial charge in [0.1, 0.15) is 0 Å². The van der Waals surface area contributed by atoms with Crippen LogP contribution in [0.2, 0.25) is 0 Å². The molecule has 2 N–H and O–H groups in total. The fraction of sp³-hybridized carbons (Fsp3) is 1.00. The van der Waals surface area contributed by atoms with Gasteiger partial charge < -0.3 is 5.73 Å². The lowest BCUT2D eigenvalue weighted by molar-refractivity contribution is 0.428. The monoisotopic (exact) mass is 213 g/mol. The molecule has 0 fully saturated rings. The molecule has 0 saturated heterocycles. The smallest absolute Gasteiger partial charge is 0.00772 e. The Bertz CT molecular complexity index is 123. The fourth-order valence-corrected chi connectivity index (χ4v) is 1.98. The van der Waals surface area contributed by atoms with Crippen molar-refractivity contribution in [1.29, 1.82) is 0 Å². The van der Waals surface area contributed by atoms with Crippen molar-refractivity contribution in [3.8, 4) is 0 Å². The lowest BCUT2D eigenvalue weighted by atomic mass is 9.96. The zero-order chi connectivity index (χ0) is 11.5. The van der Waals surface area contributed by atoms with E-state index in [4.69, 9.17) is 5.73 Å². The second kappa shape index (κ2) is 10.5. The van der Waals surface area contributed by atoms with Crippen molar-refractivity contribution in [2.24, 2.45) is 17.6 Å². The van der Waals surface area contributed by atoms with Crippen LogP contribution in [0.15, 0.2) is 0 Å². The third kappa shape index (κ3) is 10.2.